The van der Waals surface area contributed by atoms with Crippen molar-refractivity contribution in [2.45, 2.75) is 18.7 Å². The molecule has 0 unspecified atom stereocenters. The Morgan fingerprint density at radius 2 is 2.11 bits per heavy atom. The highest BCUT2D eigenvalue weighted by atomic mass is 35.5. The van der Waals surface area contributed by atoms with Crippen LogP contribution in [-0.4, -0.2) is 26.4 Å². The SMILES string of the molecule is Cc1cccc(NC(=O)CSc2nnc(COc3ccc(F)cc3Cl)n2C)c1. The molecule has 1 heterocycles. The Kier molecular flexibility index (Phi) is 6.53. The van der Waals surface area contributed by atoms with Gasteiger partial charge >= 0.3 is 0 Å². The molecule has 0 atom stereocenters. The zero-order valence-corrected chi connectivity index (χ0v) is 16.9. The third-order valence-electron chi connectivity index (χ3n) is 3.81. The van der Waals surface area contributed by atoms with E-state index in [-0.39, 0.29) is 23.3 Å². The molecule has 0 aliphatic rings. The van der Waals surface area contributed by atoms with Crippen molar-refractivity contribution in [3.05, 3.63) is 64.7 Å². The van der Waals surface area contributed by atoms with Crippen LogP contribution in [0.15, 0.2) is 47.6 Å². The lowest BCUT2D eigenvalue weighted by Crippen LogP contribution is -2.14. The van der Waals surface area contributed by atoms with Gasteiger partial charge in [0.15, 0.2) is 11.0 Å². The van der Waals surface area contributed by atoms with Crippen LogP contribution in [0.25, 0.3) is 0 Å². The van der Waals surface area contributed by atoms with E-state index in [1.807, 2.05) is 31.2 Å². The molecule has 0 saturated carbocycles. The molecule has 6 nitrogen and oxygen atoms in total. The molecule has 0 aliphatic carbocycles. The number of carbonyl (C=O) groups is 1. The number of amides is 1. The molecule has 1 amide bonds. The Morgan fingerprint density at radius 3 is 2.86 bits per heavy atom. The van der Waals surface area contributed by atoms with Gasteiger partial charge in [0.2, 0.25) is 5.91 Å². The Labute approximate surface area is 171 Å². The van der Waals surface area contributed by atoms with Gasteiger partial charge in [-0.25, -0.2) is 4.39 Å². The predicted octanol–water partition coefficient (Wildman–Crippen LogP) is 4.23. The van der Waals surface area contributed by atoms with Crippen LogP contribution < -0.4 is 10.1 Å². The van der Waals surface area contributed by atoms with E-state index in [9.17, 15) is 9.18 Å². The van der Waals surface area contributed by atoms with Gasteiger partial charge in [0.05, 0.1) is 10.8 Å². The maximum atomic E-state index is 13.1. The third kappa shape index (κ3) is 5.24. The number of carbonyl (C=O) groups excluding carboxylic acids is 1. The Hall–Kier alpha value is -2.58. The van der Waals surface area contributed by atoms with E-state index in [0.717, 1.165) is 11.3 Å². The van der Waals surface area contributed by atoms with Crippen molar-refractivity contribution in [3.8, 4) is 5.75 Å². The van der Waals surface area contributed by atoms with Gasteiger partial charge in [-0.2, -0.15) is 0 Å². The van der Waals surface area contributed by atoms with Crippen LogP contribution in [0.1, 0.15) is 11.4 Å². The number of nitrogens with one attached hydrogen (secondary N) is 1. The zero-order valence-electron chi connectivity index (χ0n) is 15.3. The Morgan fingerprint density at radius 1 is 1.29 bits per heavy atom. The van der Waals surface area contributed by atoms with E-state index in [2.05, 4.69) is 15.5 Å². The number of hydrogen-bond acceptors (Lipinski definition) is 5. The van der Waals surface area contributed by atoms with Crippen molar-refractivity contribution in [2.24, 2.45) is 7.05 Å². The fourth-order valence-corrected chi connectivity index (χ4v) is 3.33. The summed E-state index contributed by atoms with van der Waals surface area (Å²) in [6.07, 6.45) is 0. The fraction of sp³-hybridized carbons (Fsp3) is 0.211. The van der Waals surface area contributed by atoms with Gasteiger partial charge in [-0.05, 0) is 42.8 Å². The number of thioether (sulfide) groups is 1. The lowest BCUT2D eigenvalue weighted by Gasteiger charge is -2.08. The molecular formula is C19H18ClFN4O2S. The van der Waals surface area contributed by atoms with Crippen LogP contribution in [0.5, 0.6) is 5.75 Å². The number of halogens is 2. The molecule has 0 radical (unpaired) electrons. The van der Waals surface area contributed by atoms with Crippen LogP contribution in [0.2, 0.25) is 5.02 Å². The average molecular weight is 421 g/mol. The maximum absolute atomic E-state index is 13.1. The number of benzene rings is 2. The molecule has 28 heavy (non-hydrogen) atoms. The molecule has 0 fully saturated rings. The van der Waals surface area contributed by atoms with Gasteiger partial charge < -0.3 is 14.6 Å². The molecule has 1 aromatic heterocycles. The first kappa shape index (κ1) is 20.2. The highest BCUT2D eigenvalue weighted by Gasteiger charge is 2.13. The van der Waals surface area contributed by atoms with E-state index >= 15 is 0 Å². The lowest BCUT2D eigenvalue weighted by atomic mass is 10.2. The number of rotatable bonds is 7. The van der Waals surface area contributed by atoms with E-state index in [1.54, 1.807) is 11.6 Å². The first-order valence-electron chi connectivity index (χ1n) is 8.38. The minimum Gasteiger partial charge on any atom is -0.484 e. The highest BCUT2D eigenvalue weighted by Crippen LogP contribution is 2.26. The minimum atomic E-state index is -0.432. The van der Waals surface area contributed by atoms with Crippen LogP contribution in [0, 0.1) is 12.7 Å². The third-order valence-corrected chi connectivity index (χ3v) is 5.13. The second-order valence-corrected chi connectivity index (χ2v) is 7.38. The largest absolute Gasteiger partial charge is 0.484 e. The zero-order chi connectivity index (χ0) is 20.1. The van der Waals surface area contributed by atoms with Crippen molar-refractivity contribution < 1.29 is 13.9 Å². The first-order chi connectivity index (χ1) is 13.4. The summed E-state index contributed by atoms with van der Waals surface area (Å²) >= 11 is 7.22. The van der Waals surface area contributed by atoms with Gasteiger partial charge in [0, 0.05) is 12.7 Å². The summed E-state index contributed by atoms with van der Waals surface area (Å²) in [5, 5.41) is 11.8. The smallest absolute Gasteiger partial charge is 0.234 e. The van der Waals surface area contributed by atoms with E-state index < -0.39 is 5.82 Å². The van der Waals surface area contributed by atoms with Gasteiger partial charge in [0.1, 0.15) is 18.2 Å². The second-order valence-electron chi connectivity index (χ2n) is 6.03. The lowest BCUT2D eigenvalue weighted by molar-refractivity contribution is -0.113. The number of nitrogens with zero attached hydrogens (tertiary/aromatic N) is 3. The normalized spacial score (nSPS) is 10.7. The van der Waals surface area contributed by atoms with Crippen molar-refractivity contribution in [2.75, 3.05) is 11.1 Å². The molecule has 9 heteroatoms. The summed E-state index contributed by atoms with van der Waals surface area (Å²) in [6.45, 7) is 2.08. The molecule has 0 aliphatic heterocycles. The van der Waals surface area contributed by atoms with Crippen molar-refractivity contribution in [1.82, 2.24) is 14.8 Å². The number of ether oxygens (including phenoxy) is 1. The van der Waals surface area contributed by atoms with E-state index in [0.29, 0.717) is 16.7 Å². The van der Waals surface area contributed by atoms with Crippen LogP contribution in [0.4, 0.5) is 10.1 Å². The van der Waals surface area contributed by atoms with Gasteiger partial charge in [-0.15, -0.1) is 10.2 Å². The second kappa shape index (κ2) is 9.07. The first-order valence-corrected chi connectivity index (χ1v) is 9.74. The summed E-state index contributed by atoms with van der Waals surface area (Å²) < 4.78 is 20.4. The molecular weight excluding hydrogens is 403 g/mol. The number of hydrogen-bond donors (Lipinski definition) is 1. The topological polar surface area (TPSA) is 69.0 Å². The summed E-state index contributed by atoms with van der Waals surface area (Å²) in [7, 11) is 1.78. The molecule has 0 saturated heterocycles. The monoisotopic (exact) mass is 420 g/mol. The van der Waals surface area contributed by atoms with Crippen LogP contribution in [-0.2, 0) is 18.4 Å². The molecule has 0 spiro atoms. The van der Waals surface area contributed by atoms with Crippen molar-refractivity contribution in [3.63, 3.8) is 0 Å². The molecule has 2 aromatic carbocycles. The molecule has 3 aromatic rings. The molecule has 3 rings (SSSR count). The molecule has 146 valence electrons. The number of aromatic nitrogens is 3. The summed E-state index contributed by atoms with van der Waals surface area (Å²) in [6, 6.07) is 11.5. The summed E-state index contributed by atoms with van der Waals surface area (Å²) in [5.41, 5.74) is 1.83. The van der Waals surface area contributed by atoms with Crippen LogP contribution >= 0.6 is 23.4 Å². The fourth-order valence-electron chi connectivity index (χ4n) is 2.38. The number of anilines is 1. The predicted molar refractivity (Wildman–Crippen MR) is 107 cm³/mol. The van der Waals surface area contributed by atoms with Gasteiger partial charge in [-0.1, -0.05) is 35.5 Å². The molecule has 0 bridgehead atoms. The highest BCUT2D eigenvalue weighted by molar-refractivity contribution is 7.99. The number of aryl methyl sites for hydroxylation is 1. The Bertz CT molecular complexity index is 996. The van der Waals surface area contributed by atoms with Crippen LogP contribution in [0.3, 0.4) is 0 Å². The molecule has 1 N–H and O–H groups in total. The van der Waals surface area contributed by atoms with E-state index in [1.165, 1.54) is 30.0 Å². The summed E-state index contributed by atoms with van der Waals surface area (Å²) in [4.78, 5) is 12.1. The summed E-state index contributed by atoms with van der Waals surface area (Å²) in [5.74, 6) is 0.554. The van der Waals surface area contributed by atoms with E-state index in [4.69, 9.17) is 16.3 Å². The minimum absolute atomic E-state index is 0.116. The average Bonchev–Trinajstić information content (AvgIpc) is 2.99. The Balaban J connectivity index is 1.54. The maximum Gasteiger partial charge on any atom is 0.234 e. The van der Waals surface area contributed by atoms with Gasteiger partial charge in [0.25, 0.3) is 0 Å². The standard InChI is InChI=1S/C19H18ClFN4O2S/c1-12-4-3-5-14(8-12)22-18(26)11-28-19-24-23-17(25(19)2)10-27-16-7-6-13(21)9-15(16)20/h3-9H,10-11H2,1-2H3,(H,22,26). The van der Waals surface area contributed by atoms with Crippen molar-refractivity contribution in [1.29, 1.82) is 0 Å². The quantitative estimate of drug-likeness (QED) is 0.579. The van der Waals surface area contributed by atoms with Gasteiger partial charge in [-0.3, -0.25) is 4.79 Å². The van der Waals surface area contributed by atoms with Crippen molar-refractivity contribution >= 4 is 35.0 Å².